The van der Waals surface area contributed by atoms with Crippen molar-refractivity contribution in [2.45, 2.75) is 19.1 Å². The normalized spacial score (nSPS) is 14.6. The molecular formula is C9H15BrN4O2. The van der Waals surface area contributed by atoms with Crippen molar-refractivity contribution >= 4 is 21.6 Å². The van der Waals surface area contributed by atoms with Crippen LogP contribution in [0.1, 0.15) is 6.92 Å². The van der Waals surface area contributed by atoms with Gasteiger partial charge in [-0.1, -0.05) is 0 Å². The highest BCUT2D eigenvalue weighted by Crippen LogP contribution is 2.15. The van der Waals surface area contributed by atoms with Crippen LogP contribution in [0.2, 0.25) is 0 Å². The zero-order valence-electron chi connectivity index (χ0n) is 9.14. The van der Waals surface area contributed by atoms with E-state index in [0.717, 1.165) is 0 Å². The number of aromatic nitrogens is 2. The van der Waals surface area contributed by atoms with Gasteiger partial charge in [-0.05, 0) is 22.9 Å². The van der Waals surface area contributed by atoms with Gasteiger partial charge in [-0.25, -0.2) is 4.68 Å². The van der Waals surface area contributed by atoms with Gasteiger partial charge in [0.1, 0.15) is 4.47 Å². The Kier molecular flexibility index (Phi) is 4.45. The average Bonchev–Trinajstić information content (AvgIpc) is 2.24. The largest absolute Gasteiger partial charge is 0.392 e. The summed E-state index contributed by atoms with van der Waals surface area (Å²) in [4.78, 5) is 11.5. The molecule has 2 atom stereocenters. The Labute approximate surface area is 102 Å². The van der Waals surface area contributed by atoms with Crippen molar-refractivity contribution in [3.05, 3.63) is 21.0 Å². The second-order valence-electron chi connectivity index (χ2n) is 3.59. The Bertz CT molecular complexity index is 418. The zero-order chi connectivity index (χ0) is 12.3. The lowest BCUT2D eigenvalue weighted by atomic mass is 10.2. The van der Waals surface area contributed by atoms with Crippen molar-refractivity contribution in [1.29, 1.82) is 0 Å². The summed E-state index contributed by atoms with van der Waals surface area (Å²) in [6.45, 7) is 1.98. The number of aliphatic hydroxyl groups is 1. The van der Waals surface area contributed by atoms with Gasteiger partial charge in [-0.2, -0.15) is 5.10 Å². The Morgan fingerprint density at radius 1 is 1.75 bits per heavy atom. The molecule has 16 heavy (non-hydrogen) atoms. The summed E-state index contributed by atoms with van der Waals surface area (Å²) in [5.74, 6) is 0. The number of hydrogen-bond acceptors (Lipinski definition) is 5. The van der Waals surface area contributed by atoms with Crippen LogP contribution in [0.3, 0.4) is 0 Å². The van der Waals surface area contributed by atoms with Gasteiger partial charge in [0.15, 0.2) is 0 Å². The topological polar surface area (TPSA) is 93.2 Å². The van der Waals surface area contributed by atoms with Crippen LogP contribution in [0.25, 0.3) is 0 Å². The van der Waals surface area contributed by atoms with E-state index >= 15 is 0 Å². The van der Waals surface area contributed by atoms with Crippen LogP contribution >= 0.6 is 15.9 Å². The molecule has 0 amide bonds. The lowest BCUT2D eigenvalue weighted by Crippen LogP contribution is -2.39. The lowest BCUT2D eigenvalue weighted by Gasteiger charge is -2.16. The van der Waals surface area contributed by atoms with E-state index in [-0.39, 0.29) is 5.56 Å². The molecule has 1 heterocycles. The number of hydrogen-bond donors (Lipinski definition) is 3. The molecule has 7 heteroatoms. The molecule has 4 N–H and O–H groups in total. The summed E-state index contributed by atoms with van der Waals surface area (Å²) in [5, 5.41) is 16.0. The minimum atomic E-state index is -0.606. The molecule has 0 radical (unpaired) electrons. The van der Waals surface area contributed by atoms with Crippen molar-refractivity contribution in [2.24, 2.45) is 12.8 Å². The number of aryl methyl sites for hydroxylation is 1. The van der Waals surface area contributed by atoms with E-state index in [0.29, 0.717) is 16.7 Å². The highest BCUT2D eigenvalue weighted by atomic mass is 79.9. The molecule has 0 fully saturated rings. The predicted molar refractivity (Wildman–Crippen MR) is 65.3 cm³/mol. The number of anilines is 1. The van der Waals surface area contributed by atoms with Crippen molar-refractivity contribution in [3.63, 3.8) is 0 Å². The molecule has 1 aromatic rings. The summed E-state index contributed by atoms with van der Waals surface area (Å²) >= 11 is 3.18. The maximum atomic E-state index is 11.5. The van der Waals surface area contributed by atoms with Crippen molar-refractivity contribution in [1.82, 2.24) is 9.78 Å². The number of nitrogens with one attached hydrogen (secondary N) is 1. The first-order chi connectivity index (χ1) is 7.43. The number of rotatable bonds is 4. The number of aliphatic hydroxyl groups excluding tert-OH is 1. The van der Waals surface area contributed by atoms with Crippen molar-refractivity contribution in [2.75, 3.05) is 11.9 Å². The highest BCUT2D eigenvalue weighted by Gasteiger charge is 2.11. The molecule has 0 spiro atoms. The van der Waals surface area contributed by atoms with Crippen LogP contribution in [-0.4, -0.2) is 33.6 Å². The second kappa shape index (κ2) is 5.42. The van der Waals surface area contributed by atoms with E-state index in [1.807, 2.05) is 0 Å². The third-order valence-electron chi connectivity index (χ3n) is 2.23. The average molecular weight is 291 g/mol. The van der Waals surface area contributed by atoms with E-state index in [1.54, 1.807) is 14.0 Å². The van der Waals surface area contributed by atoms with E-state index in [9.17, 15) is 9.90 Å². The highest BCUT2D eigenvalue weighted by molar-refractivity contribution is 9.10. The van der Waals surface area contributed by atoms with Crippen molar-refractivity contribution in [3.8, 4) is 0 Å². The zero-order valence-corrected chi connectivity index (χ0v) is 10.7. The lowest BCUT2D eigenvalue weighted by molar-refractivity contribution is 0.168. The summed E-state index contributed by atoms with van der Waals surface area (Å²) in [6, 6.07) is -0.393. The Morgan fingerprint density at radius 2 is 2.38 bits per heavy atom. The van der Waals surface area contributed by atoms with Gasteiger partial charge < -0.3 is 16.2 Å². The fraction of sp³-hybridized carbons (Fsp3) is 0.556. The van der Waals surface area contributed by atoms with Crippen LogP contribution < -0.4 is 16.6 Å². The molecule has 2 unspecified atom stereocenters. The second-order valence-corrected chi connectivity index (χ2v) is 4.38. The number of nitrogens with two attached hydrogens (primary N) is 1. The maximum absolute atomic E-state index is 11.5. The molecular weight excluding hydrogens is 276 g/mol. The molecule has 0 aliphatic rings. The van der Waals surface area contributed by atoms with Gasteiger partial charge in [0.25, 0.3) is 5.56 Å². The van der Waals surface area contributed by atoms with E-state index in [2.05, 4.69) is 26.3 Å². The first-order valence-electron chi connectivity index (χ1n) is 4.82. The molecule has 0 aliphatic heterocycles. The van der Waals surface area contributed by atoms with Crippen LogP contribution in [-0.2, 0) is 7.05 Å². The van der Waals surface area contributed by atoms with Gasteiger partial charge in [-0.15, -0.1) is 0 Å². The molecule has 0 bridgehead atoms. The first kappa shape index (κ1) is 13.1. The summed E-state index contributed by atoms with van der Waals surface area (Å²) in [5.41, 5.74) is 5.99. The van der Waals surface area contributed by atoms with Crippen LogP contribution in [0.5, 0.6) is 0 Å². The molecule has 0 aliphatic carbocycles. The van der Waals surface area contributed by atoms with Crippen LogP contribution in [0.4, 0.5) is 5.69 Å². The molecule has 0 saturated heterocycles. The van der Waals surface area contributed by atoms with Gasteiger partial charge in [0.05, 0.1) is 18.0 Å². The van der Waals surface area contributed by atoms with Gasteiger partial charge in [-0.3, -0.25) is 4.79 Å². The minimum absolute atomic E-state index is 0.226. The van der Waals surface area contributed by atoms with Crippen LogP contribution in [0.15, 0.2) is 15.5 Å². The van der Waals surface area contributed by atoms with E-state index in [4.69, 9.17) is 5.73 Å². The number of halogens is 1. The quantitative estimate of drug-likeness (QED) is 0.706. The fourth-order valence-electron chi connectivity index (χ4n) is 1.03. The van der Waals surface area contributed by atoms with Gasteiger partial charge in [0, 0.05) is 19.6 Å². The maximum Gasteiger partial charge on any atom is 0.282 e. The van der Waals surface area contributed by atoms with Gasteiger partial charge >= 0.3 is 0 Å². The predicted octanol–water partition coefficient (Wildman–Crippen LogP) is -0.337. The third kappa shape index (κ3) is 3.03. The monoisotopic (exact) mass is 290 g/mol. The molecule has 90 valence electrons. The Morgan fingerprint density at radius 3 is 2.94 bits per heavy atom. The Balaban J connectivity index is 2.76. The summed E-state index contributed by atoms with van der Waals surface area (Å²) in [7, 11) is 1.57. The first-order valence-corrected chi connectivity index (χ1v) is 5.62. The summed E-state index contributed by atoms with van der Waals surface area (Å²) in [6.07, 6.45) is 0.922. The molecule has 6 nitrogen and oxygen atoms in total. The SMILES string of the molecule is CC(O)C(N)CNc1cnn(C)c(=O)c1Br. The third-order valence-corrected chi connectivity index (χ3v) is 2.99. The fourth-order valence-corrected chi connectivity index (χ4v) is 1.53. The standard InChI is InChI=1S/C9H15BrN4O2/c1-5(15)6(11)3-12-7-4-13-14(2)9(16)8(7)10/h4-6,12,15H,3,11H2,1-2H3. The number of nitrogens with zero attached hydrogens (tertiary/aromatic N) is 2. The molecule has 0 aromatic carbocycles. The smallest absolute Gasteiger partial charge is 0.282 e. The van der Waals surface area contributed by atoms with Crippen molar-refractivity contribution < 1.29 is 5.11 Å². The molecule has 0 saturated carbocycles. The molecule has 1 rings (SSSR count). The van der Waals surface area contributed by atoms with Gasteiger partial charge in [0.2, 0.25) is 0 Å². The van der Waals surface area contributed by atoms with E-state index in [1.165, 1.54) is 10.9 Å². The minimum Gasteiger partial charge on any atom is -0.392 e. The summed E-state index contributed by atoms with van der Waals surface area (Å²) < 4.78 is 1.63. The Hall–Kier alpha value is -0.920. The van der Waals surface area contributed by atoms with Crippen LogP contribution in [0, 0.1) is 0 Å². The van der Waals surface area contributed by atoms with E-state index < -0.39 is 12.1 Å². The molecule has 1 aromatic heterocycles.